The number of hydrogen-bond donors (Lipinski definition) is 1. The quantitative estimate of drug-likeness (QED) is 0.683. The van der Waals surface area contributed by atoms with E-state index in [4.69, 9.17) is 9.47 Å². The predicted octanol–water partition coefficient (Wildman–Crippen LogP) is 2.35. The van der Waals surface area contributed by atoms with Crippen LogP contribution < -0.4 is 5.32 Å². The van der Waals surface area contributed by atoms with Gasteiger partial charge in [0, 0.05) is 32.7 Å². The van der Waals surface area contributed by atoms with Crippen LogP contribution in [-0.2, 0) is 9.47 Å². The summed E-state index contributed by atoms with van der Waals surface area (Å²) < 4.78 is 10.6. The van der Waals surface area contributed by atoms with Gasteiger partial charge in [0.15, 0.2) is 0 Å². The zero-order valence-electron chi connectivity index (χ0n) is 11.7. The summed E-state index contributed by atoms with van der Waals surface area (Å²) in [7, 11) is 1.72. The SMILES string of the molecule is CCOCC(CNCCOC)c1ccc(C)cc1. The third kappa shape index (κ3) is 5.63. The molecule has 1 aromatic rings. The molecule has 0 radical (unpaired) electrons. The molecule has 1 rings (SSSR count). The van der Waals surface area contributed by atoms with Crippen LogP contribution in [0.1, 0.15) is 24.0 Å². The van der Waals surface area contributed by atoms with Gasteiger partial charge in [0.05, 0.1) is 13.2 Å². The first-order chi connectivity index (χ1) is 8.77. The van der Waals surface area contributed by atoms with Crippen LogP contribution in [0, 0.1) is 6.92 Å². The molecule has 0 heterocycles. The minimum atomic E-state index is 0.405. The molecule has 18 heavy (non-hydrogen) atoms. The van der Waals surface area contributed by atoms with Crippen molar-refractivity contribution in [3.05, 3.63) is 35.4 Å². The lowest BCUT2D eigenvalue weighted by molar-refractivity contribution is 0.130. The Hall–Kier alpha value is -0.900. The second-order valence-corrected chi connectivity index (χ2v) is 4.46. The number of ether oxygens (including phenoxy) is 2. The molecular weight excluding hydrogens is 226 g/mol. The molecular formula is C15H25NO2. The fourth-order valence-corrected chi connectivity index (χ4v) is 1.82. The first-order valence-corrected chi connectivity index (χ1v) is 6.62. The van der Waals surface area contributed by atoms with Crippen molar-refractivity contribution in [2.24, 2.45) is 0 Å². The second-order valence-electron chi connectivity index (χ2n) is 4.46. The van der Waals surface area contributed by atoms with E-state index < -0.39 is 0 Å². The maximum Gasteiger partial charge on any atom is 0.0587 e. The van der Waals surface area contributed by atoms with Gasteiger partial charge in [-0.1, -0.05) is 29.8 Å². The molecule has 1 N–H and O–H groups in total. The van der Waals surface area contributed by atoms with Gasteiger partial charge < -0.3 is 14.8 Å². The Kier molecular flexibility index (Phi) is 7.65. The van der Waals surface area contributed by atoms with E-state index in [9.17, 15) is 0 Å². The summed E-state index contributed by atoms with van der Waals surface area (Å²) in [4.78, 5) is 0. The fraction of sp³-hybridized carbons (Fsp3) is 0.600. The van der Waals surface area contributed by atoms with E-state index in [0.717, 1.165) is 32.9 Å². The van der Waals surface area contributed by atoms with Gasteiger partial charge in [-0.15, -0.1) is 0 Å². The maximum absolute atomic E-state index is 5.57. The van der Waals surface area contributed by atoms with E-state index in [2.05, 4.69) is 36.5 Å². The average Bonchev–Trinajstić information content (AvgIpc) is 2.39. The molecule has 0 amide bonds. The van der Waals surface area contributed by atoms with Gasteiger partial charge in [-0.2, -0.15) is 0 Å². The average molecular weight is 251 g/mol. The summed E-state index contributed by atoms with van der Waals surface area (Å²) >= 11 is 0. The van der Waals surface area contributed by atoms with E-state index in [1.54, 1.807) is 7.11 Å². The first kappa shape index (κ1) is 15.2. The predicted molar refractivity (Wildman–Crippen MR) is 75.2 cm³/mol. The van der Waals surface area contributed by atoms with Crippen molar-refractivity contribution in [3.8, 4) is 0 Å². The van der Waals surface area contributed by atoms with Gasteiger partial charge in [-0.3, -0.25) is 0 Å². The Morgan fingerprint density at radius 2 is 1.94 bits per heavy atom. The van der Waals surface area contributed by atoms with Crippen LogP contribution in [0.3, 0.4) is 0 Å². The highest BCUT2D eigenvalue weighted by atomic mass is 16.5. The summed E-state index contributed by atoms with van der Waals surface area (Å²) in [5.74, 6) is 0.405. The summed E-state index contributed by atoms with van der Waals surface area (Å²) in [6, 6.07) is 8.70. The summed E-state index contributed by atoms with van der Waals surface area (Å²) in [6.45, 7) is 8.22. The molecule has 0 aliphatic rings. The Bertz CT molecular complexity index is 311. The molecule has 0 saturated carbocycles. The number of methoxy groups -OCH3 is 1. The van der Waals surface area contributed by atoms with Gasteiger partial charge in [0.2, 0.25) is 0 Å². The Labute approximate surface area is 110 Å². The number of aryl methyl sites for hydroxylation is 1. The number of hydrogen-bond acceptors (Lipinski definition) is 3. The molecule has 0 aliphatic heterocycles. The molecule has 0 aliphatic carbocycles. The minimum Gasteiger partial charge on any atom is -0.383 e. The number of rotatable bonds is 9. The molecule has 0 aromatic heterocycles. The van der Waals surface area contributed by atoms with E-state index in [1.807, 2.05) is 6.92 Å². The van der Waals surface area contributed by atoms with Crippen molar-refractivity contribution in [2.45, 2.75) is 19.8 Å². The molecule has 3 heteroatoms. The normalized spacial score (nSPS) is 12.6. The molecule has 0 fully saturated rings. The largest absolute Gasteiger partial charge is 0.383 e. The fourth-order valence-electron chi connectivity index (χ4n) is 1.82. The number of benzene rings is 1. The van der Waals surface area contributed by atoms with Crippen LogP contribution in [0.4, 0.5) is 0 Å². The maximum atomic E-state index is 5.57. The molecule has 0 bridgehead atoms. The monoisotopic (exact) mass is 251 g/mol. The van der Waals surface area contributed by atoms with Crippen LogP contribution in [0.2, 0.25) is 0 Å². The van der Waals surface area contributed by atoms with Crippen molar-refractivity contribution in [3.63, 3.8) is 0 Å². The topological polar surface area (TPSA) is 30.5 Å². The Balaban J connectivity index is 2.51. The minimum absolute atomic E-state index is 0.405. The standard InChI is InChI=1S/C15H25NO2/c1-4-18-12-15(11-16-9-10-17-3)14-7-5-13(2)6-8-14/h5-8,15-16H,4,9-12H2,1-3H3. The van der Waals surface area contributed by atoms with Gasteiger partial charge in [0.1, 0.15) is 0 Å². The third-order valence-corrected chi connectivity index (χ3v) is 2.95. The second kappa shape index (κ2) is 9.09. The highest BCUT2D eigenvalue weighted by molar-refractivity contribution is 5.24. The summed E-state index contributed by atoms with van der Waals surface area (Å²) in [6.07, 6.45) is 0. The van der Waals surface area contributed by atoms with E-state index in [-0.39, 0.29) is 0 Å². The van der Waals surface area contributed by atoms with Crippen molar-refractivity contribution >= 4 is 0 Å². The summed E-state index contributed by atoms with van der Waals surface area (Å²) in [5, 5.41) is 3.40. The van der Waals surface area contributed by atoms with Crippen LogP contribution in [0.25, 0.3) is 0 Å². The lowest BCUT2D eigenvalue weighted by Crippen LogP contribution is -2.27. The highest BCUT2D eigenvalue weighted by Crippen LogP contribution is 2.16. The van der Waals surface area contributed by atoms with Gasteiger partial charge in [-0.25, -0.2) is 0 Å². The molecule has 1 unspecified atom stereocenters. The molecule has 1 atom stereocenters. The third-order valence-electron chi connectivity index (χ3n) is 2.95. The Morgan fingerprint density at radius 1 is 1.22 bits per heavy atom. The van der Waals surface area contributed by atoms with E-state index in [0.29, 0.717) is 5.92 Å². The smallest absolute Gasteiger partial charge is 0.0587 e. The molecule has 0 saturated heterocycles. The van der Waals surface area contributed by atoms with Gasteiger partial charge in [-0.05, 0) is 19.4 Å². The Morgan fingerprint density at radius 3 is 2.56 bits per heavy atom. The van der Waals surface area contributed by atoms with Crippen molar-refractivity contribution in [1.82, 2.24) is 5.32 Å². The van der Waals surface area contributed by atoms with Crippen molar-refractivity contribution in [2.75, 3.05) is 40.0 Å². The van der Waals surface area contributed by atoms with E-state index in [1.165, 1.54) is 11.1 Å². The lowest BCUT2D eigenvalue weighted by atomic mass is 9.99. The first-order valence-electron chi connectivity index (χ1n) is 6.62. The molecule has 102 valence electrons. The van der Waals surface area contributed by atoms with Gasteiger partial charge >= 0.3 is 0 Å². The lowest BCUT2D eigenvalue weighted by Gasteiger charge is -2.18. The highest BCUT2D eigenvalue weighted by Gasteiger charge is 2.11. The van der Waals surface area contributed by atoms with Crippen molar-refractivity contribution in [1.29, 1.82) is 0 Å². The van der Waals surface area contributed by atoms with Crippen LogP contribution in [-0.4, -0.2) is 40.0 Å². The zero-order valence-corrected chi connectivity index (χ0v) is 11.7. The number of nitrogens with one attached hydrogen (secondary N) is 1. The van der Waals surface area contributed by atoms with Crippen LogP contribution in [0.15, 0.2) is 24.3 Å². The zero-order chi connectivity index (χ0) is 13.2. The van der Waals surface area contributed by atoms with Crippen LogP contribution in [0.5, 0.6) is 0 Å². The van der Waals surface area contributed by atoms with Crippen LogP contribution >= 0.6 is 0 Å². The molecule has 3 nitrogen and oxygen atoms in total. The summed E-state index contributed by atoms with van der Waals surface area (Å²) in [5.41, 5.74) is 2.63. The van der Waals surface area contributed by atoms with Crippen molar-refractivity contribution < 1.29 is 9.47 Å². The van der Waals surface area contributed by atoms with Gasteiger partial charge in [0.25, 0.3) is 0 Å². The molecule has 0 spiro atoms. The molecule has 1 aromatic carbocycles. The van der Waals surface area contributed by atoms with E-state index >= 15 is 0 Å².